The maximum absolute atomic E-state index is 12.6. The van der Waals surface area contributed by atoms with Gasteiger partial charge in [0.25, 0.3) is 5.91 Å². The Morgan fingerprint density at radius 3 is 2.54 bits per heavy atom. The second-order valence-corrected chi connectivity index (χ2v) is 8.94. The Labute approximate surface area is 162 Å². The molecule has 0 aliphatic carbocycles. The van der Waals surface area contributed by atoms with Crippen LogP contribution in [-0.2, 0) is 10.0 Å². The van der Waals surface area contributed by atoms with E-state index < -0.39 is 10.0 Å². The molecule has 1 aromatic carbocycles. The number of carbonyl (C=O) groups is 1. The molecule has 0 aliphatic rings. The first kappa shape index (κ1) is 20.4. The lowest BCUT2D eigenvalue weighted by Gasteiger charge is -2.14. The third-order valence-electron chi connectivity index (χ3n) is 3.85. The van der Waals surface area contributed by atoms with Crippen molar-refractivity contribution in [2.24, 2.45) is 0 Å². The van der Waals surface area contributed by atoms with Crippen molar-refractivity contribution >= 4 is 43.2 Å². The summed E-state index contributed by atoms with van der Waals surface area (Å²) in [5.74, 6) is -0.144. The summed E-state index contributed by atoms with van der Waals surface area (Å²) >= 11 is 3.41. The van der Waals surface area contributed by atoms with Crippen LogP contribution in [0.5, 0.6) is 0 Å². The van der Waals surface area contributed by atoms with E-state index in [1.807, 2.05) is 13.8 Å². The Kier molecular flexibility index (Phi) is 6.46. The van der Waals surface area contributed by atoms with E-state index in [9.17, 15) is 13.2 Å². The minimum atomic E-state index is -3.41. The van der Waals surface area contributed by atoms with Crippen LogP contribution < -0.4 is 10.0 Å². The molecule has 26 heavy (non-hydrogen) atoms. The van der Waals surface area contributed by atoms with Crippen molar-refractivity contribution in [3.05, 3.63) is 39.6 Å². The number of amides is 1. The maximum Gasteiger partial charge on any atom is 0.277 e. The highest BCUT2D eigenvalue weighted by atomic mass is 79.9. The standard InChI is InChI=1S/C17H23BrN4O3S/c1-5-9-26(24,25)22-13-8-6-7-12(11(13)4)19-17(23)16-14(18)15(10(2)3)20-21-16/h6-8,10,22H,5,9H2,1-4H3,(H,19,23)(H,20,21). The average Bonchev–Trinajstić information content (AvgIpc) is 2.92. The number of aromatic nitrogens is 2. The maximum atomic E-state index is 12.6. The third kappa shape index (κ3) is 4.64. The van der Waals surface area contributed by atoms with Crippen LogP contribution in [0, 0.1) is 6.92 Å². The van der Waals surface area contributed by atoms with Crippen LogP contribution in [0.15, 0.2) is 22.7 Å². The van der Waals surface area contributed by atoms with Gasteiger partial charge in [-0.25, -0.2) is 8.42 Å². The van der Waals surface area contributed by atoms with E-state index in [1.54, 1.807) is 32.0 Å². The Bertz CT molecular complexity index is 907. The fourth-order valence-corrected chi connectivity index (χ4v) is 4.44. The number of nitrogens with zero attached hydrogens (tertiary/aromatic N) is 1. The van der Waals surface area contributed by atoms with Gasteiger partial charge in [-0.1, -0.05) is 26.8 Å². The lowest BCUT2D eigenvalue weighted by atomic mass is 10.1. The third-order valence-corrected chi connectivity index (χ3v) is 6.12. The van der Waals surface area contributed by atoms with E-state index in [4.69, 9.17) is 0 Å². The van der Waals surface area contributed by atoms with E-state index in [-0.39, 0.29) is 23.3 Å². The molecule has 0 saturated carbocycles. The monoisotopic (exact) mass is 442 g/mol. The van der Waals surface area contributed by atoms with Crippen LogP contribution in [0.4, 0.5) is 11.4 Å². The van der Waals surface area contributed by atoms with Gasteiger partial charge in [-0.2, -0.15) is 5.10 Å². The number of hydrogen-bond acceptors (Lipinski definition) is 4. The van der Waals surface area contributed by atoms with E-state index in [0.29, 0.717) is 27.8 Å². The number of benzene rings is 1. The molecule has 142 valence electrons. The number of halogens is 1. The summed E-state index contributed by atoms with van der Waals surface area (Å²) in [5.41, 5.74) is 2.70. The molecule has 2 rings (SSSR count). The Hall–Kier alpha value is -1.87. The molecule has 0 unspecified atom stereocenters. The van der Waals surface area contributed by atoms with Gasteiger partial charge < -0.3 is 5.32 Å². The first-order valence-corrected chi connectivity index (χ1v) is 10.8. The van der Waals surface area contributed by atoms with Gasteiger partial charge in [0.2, 0.25) is 10.0 Å². The molecule has 2 aromatic rings. The molecule has 7 nitrogen and oxygen atoms in total. The predicted octanol–water partition coefficient (Wildman–Crippen LogP) is 4.01. The number of rotatable bonds is 7. The van der Waals surface area contributed by atoms with E-state index in [2.05, 4.69) is 36.2 Å². The summed E-state index contributed by atoms with van der Waals surface area (Å²) in [6.07, 6.45) is 0.524. The summed E-state index contributed by atoms with van der Waals surface area (Å²) < 4.78 is 27.2. The minimum Gasteiger partial charge on any atom is -0.320 e. The van der Waals surface area contributed by atoms with E-state index in [1.165, 1.54) is 0 Å². The second-order valence-electron chi connectivity index (χ2n) is 6.31. The summed E-state index contributed by atoms with van der Waals surface area (Å²) in [4.78, 5) is 12.6. The van der Waals surface area contributed by atoms with E-state index in [0.717, 1.165) is 5.69 Å². The molecule has 0 aliphatic heterocycles. The van der Waals surface area contributed by atoms with Gasteiger partial charge >= 0.3 is 0 Å². The van der Waals surface area contributed by atoms with Crippen LogP contribution in [0.1, 0.15) is 54.9 Å². The van der Waals surface area contributed by atoms with Crippen molar-refractivity contribution in [2.75, 3.05) is 15.8 Å². The van der Waals surface area contributed by atoms with Crippen LogP contribution in [0.25, 0.3) is 0 Å². The van der Waals surface area contributed by atoms with Crippen molar-refractivity contribution in [1.29, 1.82) is 0 Å². The molecule has 3 N–H and O–H groups in total. The second kappa shape index (κ2) is 8.22. The number of sulfonamides is 1. The number of nitrogens with one attached hydrogen (secondary N) is 3. The number of aromatic amines is 1. The molecule has 0 fully saturated rings. The van der Waals surface area contributed by atoms with Crippen LogP contribution in [-0.4, -0.2) is 30.3 Å². The summed E-state index contributed by atoms with van der Waals surface area (Å²) in [6, 6.07) is 5.07. The fourth-order valence-electron chi connectivity index (χ4n) is 2.43. The highest BCUT2D eigenvalue weighted by Gasteiger charge is 2.20. The van der Waals surface area contributed by atoms with Gasteiger partial charge in [0, 0.05) is 5.69 Å². The van der Waals surface area contributed by atoms with Crippen molar-refractivity contribution in [3.8, 4) is 0 Å². The number of hydrogen-bond donors (Lipinski definition) is 3. The Morgan fingerprint density at radius 2 is 1.96 bits per heavy atom. The normalized spacial score (nSPS) is 11.6. The van der Waals surface area contributed by atoms with E-state index >= 15 is 0 Å². The molecule has 1 aromatic heterocycles. The van der Waals surface area contributed by atoms with Gasteiger partial charge in [0.1, 0.15) is 0 Å². The molecule has 0 spiro atoms. The lowest BCUT2D eigenvalue weighted by molar-refractivity contribution is 0.102. The van der Waals surface area contributed by atoms with Crippen LogP contribution in [0.3, 0.4) is 0 Å². The largest absolute Gasteiger partial charge is 0.320 e. The topological polar surface area (TPSA) is 104 Å². The molecule has 0 radical (unpaired) electrons. The van der Waals surface area contributed by atoms with Crippen molar-refractivity contribution in [3.63, 3.8) is 0 Å². The highest BCUT2D eigenvalue weighted by molar-refractivity contribution is 9.10. The summed E-state index contributed by atoms with van der Waals surface area (Å²) in [6.45, 7) is 7.54. The first-order chi connectivity index (χ1) is 12.2. The van der Waals surface area contributed by atoms with Gasteiger partial charge in [-0.15, -0.1) is 0 Å². The van der Waals surface area contributed by atoms with Gasteiger partial charge in [-0.05, 0) is 52.9 Å². The Balaban J connectivity index is 2.25. The summed E-state index contributed by atoms with van der Waals surface area (Å²) in [5, 5.41) is 9.73. The molecule has 0 saturated heterocycles. The van der Waals surface area contributed by atoms with Crippen LogP contribution >= 0.6 is 15.9 Å². The number of anilines is 2. The molecular formula is C17H23BrN4O3S. The molecular weight excluding hydrogens is 420 g/mol. The highest BCUT2D eigenvalue weighted by Crippen LogP contribution is 2.28. The quantitative estimate of drug-likeness (QED) is 0.602. The van der Waals surface area contributed by atoms with Gasteiger partial charge in [-0.3, -0.25) is 14.6 Å². The lowest BCUT2D eigenvalue weighted by Crippen LogP contribution is -2.18. The Morgan fingerprint density at radius 1 is 1.31 bits per heavy atom. The zero-order valence-electron chi connectivity index (χ0n) is 15.2. The van der Waals surface area contributed by atoms with Crippen molar-refractivity contribution in [2.45, 2.75) is 40.0 Å². The molecule has 1 amide bonds. The smallest absolute Gasteiger partial charge is 0.277 e. The van der Waals surface area contributed by atoms with Gasteiger partial charge in [0.05, 0.1) is 21.6 Å². The zero-order chi connectivity index (χ0) is 19.5. The average molecular weight is 443 g/mol. The van der Waals surface area contributed by atoms with Crippen molar-refractivity contribution in [1.82, 2.24) is 10.2 Å². The van der Waals surface area contributed by atoms with Crippen molar-refractivity contribution < 1.29 is 13.2 Å². The number of carbonyl (C=O) groups excluding carboxylic acids is 1. The number of H-pyrrole nitrogens is 1. The predicted molar refractivity (Wildman–Crippen MR) is 107 cm³/mol. The molecule has 1 heterocycles. The molecule has 9 heteroatoms. The van der Waals surface area contributed by atoms with Crippen LogP contribution in [0.2, 0.25) is 0 Å². The SMILES string of the molecule is CCCS(=O)(=O)Nc1cccc(NC(=O)c2n[nH]c(C(C)C)c2Br)c1C. The zero-order valence-corrected chi connectivity index (χ0v) is 17.6. The molecule has 0 atom stereocenters. The first-order valence-electron chi connectivity index (χ1n) is 8.31. The fraction of sp³-hybridized carbons (Fsp3) is 0.412. The van der Waals surface area contributed by atoms with Gasteiger partial charge in [0.15, 0.2) is 5.69 Å². The molecule has 0 bridgehead atoms. The minimum absolute atomic E-state index is 0.0429. The summed E-state index contributed by atoms with van der Waals surface area (Å²) in [7, 11) is -3.41.